The molecule has 0 bridgehead atoms. The van der Waals surface area contributed by atoms with Crippen molar-refractivity contribution < 1.29 is 13.6 Å². The highest BCUT2D eigenvalue weighted by Crippen LogP contribution is 2.30. The van der Waals surface area contributed by atoms with Gasteiger partial charge in [-0.05, 0) is 46.8 Å². The minimum atomic E-state index is -0.679. The number of H-pyrrole nitrogens is 1. The Hall–Kier alpha value is -1.96. The number of nitrogens with zero attached hydrogens (tertiary/aromatic N) is 2. The van der Waals surface area contributed by atoms with E-state index in [1.54, 1.807) is 4.90 Å². The average Bonchev–Trinajstić information content (AvgIpc) is 3.16. The molecular weight excluding hydrogens is 394 g/mol. The van der Waals surface area contributed by atoms with Crippen molar-refractivity contribution in [2.24, 2.45) is 0 Å². The van der Waals surface area contributed by atoms with Crippen molar-refractivity contribution >= 4 is 33.2 Å². The van der Waals surface area contributed by atoms with Crippen LogP contribution in [0.1, 0.15) is 48.8 Å². The van der Waals surface area contributed by atoms with Crippen molar-refractivity contribution in [3.05, 3.63) is 39.6 Å². The number of anilines is 2. The number of amides is 1. The average molecular weight is 413 g/mol. The summed E-state index contributed by atoms with van der Waals surface area (Å²) in [6, 6.07) is 2.27. The van der Waals surface area contributed by atoms with Crippen LogP contribution in [0.25, 0.3) is 0 Å². The van der Waals surface area contributed by atoms with Gasteiger partial charge in [0.15, 0.2) is 17.3 Å². The second-order valence-electron chi connectivity index (χ2n) is 6.39. The standard InChI is InChI=1S/C17H19BrF2N4O/c1-9(2)14-13(18)15(23-22-14)17(25)21-10-7-11(19)16(12(20)8-10)24-5-3-4-6-24/h7-9H,3-6H2,1-2H3,(H,21,25)(H,22,23). The first-order valence-electron chi connectivity index (χ1n) is 8.17. The Morgan fingerprint density at radius 2 is 1.88 bits per heavy atom. The van der Waals surface area contributed by atoms with E-state index >= 15 is 0 Å². The quantitative estimate of drug-likeness (QED) is 0.780. The molecular formula is C17H19BrF2N4O. The molecule has 8 heteroatoms. The number of hydrogen-bond donors (Lipinski definition) is 2. The highest BCUT2D eigenvalue weighted by molar-refractivity contribution is 9.10. The molecule has 0 unspecified atom stereocenters. The van der Waals surface area contributed by atoms with E-state index in [1.807, 2.05) is 13.8 Å². The van der Waals surface area contributed by atoms with Gasteiger partial charge in [-0.3, -0.25) is 9.89 Å². The van der Waals surface area contributed by atoms with E-state index < -0.39 is 17.5 Å². The summed E-state index contributed by atoms with van der Waals surface area (Å²) in [6.45, 7) is 5.19. The summed E-state index contributed by atoms with van der Waals surface area (Å²) >= 11 is 3.34. The number of rotatable bonds is 4. The predicted octanol–water partition coefficient (Wildman–Crippen LogP) is 4.43. The summed E-state index contributed by atoms with van der Waals surface area (Å²) in [6.07, 6.45) is 1.84. The summed E-state index contributed by atoms with van der Waals surface area (Å²) in [4.78, 5) is 14.0. The van der Waals surface area contributed by atoms with Crippen molar-refractivity contribution in [1.29, 1.82) is 0 Å². The molecule has 3 rings (SSSR count). The van der Waals surface area contributed by atoms with Crippen LogP contribution in [0, 0.1) is 11.6 Å². The van der Waals surface area contributed by atoms with Gasteiger partial charge in [0.25, 0.3) is 5.91 Å². The lowest BCUT2D eigenvalue weighted by molar-refractivity contribution is 0.102. The van der Waals surface area contributed by atoms with Crippen LogP contribution in [-0.4, -0.2) is 29.2 Å². The molecule has 1 fully saturated rings. The topological polar surface area (TPSA) is 61.0 Å². The monoisotopic (exact) mass is 412 g/mol. The maximum atomic E-state index is 14.3. The van der Waals surface area contributed by atoms with E-state index in [0.29, 0.717) is 17.6 Å². The third kappa shape index (κ3) is 3.53. The molecule has 0 saturated carbocycles. The molecule has 0 radical (unpaired) electrons. The molecule has 1 saturated heterocycles. The fraction of sp³-hybridized carbons (Fsp3) is 0.412. The van der Waals surface area contributed by atoms with Crippen LogP contribution in [0.4, 0.5) is 20.2 Å². The molecule has 0 spiro atoms. The first kappa shape index (κ1) is 17.8. The van der Waals surface area contributed by atoms with Gasteiger partial charge >= 0.3 is 0 Å². The zero-order valence-electron chi connectivity index (χ0n) is 14.0. The summed E-state index contributed by atoms with van der Waals surface area (Å²) in [5, 5.41) is 9.28. The predicted molar refractivity (Wildman–Crippen MR) is 96.1 cm³/mol. The number of carbonyl (C=O) groups is 1. The molecule has 25 heavy (non-hydrogen) atoms. The Kier molecular flexibility index (Phi) is 5.08. The molecule has 0 aliphatic carbocycles. The van der Waals surface area contributed by atoms with Gasteiger partial charge in [-0.1, -0.05) is 13.8 Å². The molecule has 1 aromatic carbocycles. The first-order chi connectivity index (χ1) is 11.9. The number of hydrogen-bond acceptors (Lipinski definition) is 3. The van der Waals surface area contributed by atoms with E-state index in [4.69, 9.17) is 0 Å². The van der Waals surface area contributed by atoms with Gasteiger partial charge in [0, 0.05) is 18.8 Å². The van der Waals surface area contributed by atoms with Gasteiger partial charge in [-0.15, -0.1) is 0 Å². The summed E-state index contributed by atoms with van der Waals surface area (Å²) in [5.74, 6) is -1.75. The summed E-state index contributed by atoms with van der Waals surface area (Å²) < 4.78 is 29.2. The highest BCUT2D eigenvalue weighted by atomic mass is 79.9. The van der Waals surface area contributed by atoms with Crippen molar-refractivity contribution in [3.63, 3.8) is 0 Å². The second-order valence-corrected chi connectivity index (χ2v) is 7.18. The first-order valence-corrected chi connectivity index (χ1v) is 8.97. The molecule has 1 aliphatic rings. The molecule has 2 N–H and O–H groups in total. The van der Waals surface area contributed by atoms with Crippen LogP contribution < -0.4 is 10.2 Å². The number of aromatic amines is 1. The Bertz CT molecular complexity index is 777. The molecule has 1 amide bonds. The molecule has 1 aromatic heterocycles. The lowest BCUT2D eigenvalue weighted by Gasteiger charge is -2.19. The largest absolute Gasteiger partial charge is 0.367 e. The maximum Gasteiger partial charge on any atom is 0.277 e. The number of halogens is 3. The van der Waals surface area contributed by atoms with Crippen LogP contribution in [-0.2, 0) is 0 Å². The molecule has 0 atom stereocenters. The van der Waals surface area contributed by atoms with Gasteiger partial charge in [0.05, 0.1) is 10.2 Å². The third-order valence-corrected chi connectivity index (χ3v) is 5.02. The Morgan fingerprint density at radius 3 is 2.40 bits per heavy atom. The highest BCUT2D eigenvalue weighted by Gasteiger charge is 2.23. The number of aromatic nitrogens is 2. The zero-order valence-corrected chi connectivity index (χ0v) is 15.6. The lowest BCUT2D eigenvalue weighted by Crippen LogP contribution is -2.21. The van der Waals surface area contributed by atoms with Crippen molar-refractivity contribution in [3.8, 4) is 0 Å². The van der Waals surface area contributed by atoms with Crippen LogP contribution in [0.2, 0.25) is 0 Å². The maximum absolute atomic E-state index is 14.3. The van der Waals surface area contributed by atoms with E-state index in [1.165, 1.54) is 0 Å². The van der Waals surface area contributed by atoms with Gasteiger partial charge < -0.3 is 10.2 Å². The van der Waals surface area contributed by atoms with Gasteiger partial charge in [0.1, 0.15) is 5.69 Å². The normalized spacial score (nSPS) is 14.4. The minimum absolute atomic E-state index is 0.0291. The Morgan fingerprint density at radius 1 is 1.28 bits per heavy atom. The number of benzene rings is 1. The van der Waals surface area contributed by atoms with Gasteiger partial charge in [-0.2, -0.15) is 5.10 Å². The SMILES string of the molecule is CC(C)c1[nH]nc(C(=O)Nc2cc(F)c(N3CCCC3)c(F)c2)c1Br. The summed E-state index contributed by atoms with van der Waals surface area (Å²) in [5.41, 5.74) is 0.961. The van der Waals surface area contributed by atoms with Crippen molar-refractivity contribution in [2.45, 2.75) is 32.6 Å². The van der Waals surface area contributed by atoms with Gasteiger partial charge in [0.2, 0.25) is 0 Å². The smallest absolute Gasteiger partial charge is 0.277 e. The molecule has 2 aromatic rings. The third-order valence-electron chi connectivity index (χ3n) is 4.22. The minimum Gasteiger partial charge on any atom is -0.367 e. The van der Waals surface area contributed by atoms with E-state index in [2.05, 4.69) is 31.4 Å². The fourth-order valence-electron chi connectivity index (χ4n) is 2.95. The molecule has 5 nitrogen and oxygen atoms in total. The van der Waals surface area contributed by atoms with Crippen LogP contribution in [0.3, 0.4) is 0 Å². The lowest BCUT2D eigenvalue weighted by atomic mass is 10.1. The van der Waals surface area contributed by atoms with Crippen molar-refractivity contribution in [1.82, 2.24) is 10.2 Å². The van der Waals surface area contributed by atoms with Crippen molar-refractivity contribution in [2.75, 3.05) is 23.3 Å². The van der Waals surface area contributed by atoms with E-state index in [-0.39, 0.29) is 23.0 Å². The van der Waals surface area contributed by atoms with Crippen LogP contribution >= 0.6 is 15.9 Å². The van der Waals surface area contributed by atoms with Crippen LogP contribution in [0.5, 0.6) is 0 Å². The fourth-order valence-corrected chi connectivity index (χ4v) is 3.76. The van der Waals surface area contributed by atoms with E-state index in [9.17, 15) is 13.6 Å². The Balaban J connectivity index is 1.82. The summed E-state index contributed by atoms with van der Waals surface area (Å²) in [7, 11) is 0. The van der Waals surface area contributed by atoms with Gasteiger partial charge in [-0.25, -0.2) is 8.78 Å². The second kappa shape index (κ2) is 7.11. The zero-order chi connectivity index (χ0) is 18.1. The molecule has 2 heterocycles. The number of nitrogens with one attached hydrogen (secondary N) is 2. The van der Waals surface area contributed by atoms with Crippen LogP contribution in [0.15, 0.2) is 16.6 Å². The number of carbonyl (C=O) groups excluding carboxylic acids is 1. The Labute approximate surface area is 152 Å². The molecule has 134 valence electrons. The van der Waals surface area contributed by atoms with E-state index in [0.717, 1.165) is 30.7 Å². The molecule has 1 aliphatic heterocycles.